The molecule has 0 aliphatic heterocycles. The Balaban J connectivity index is 1.51. The number of nitrogens with one attached hydrogen (secondary N) is 1. The molecule has 4 aromatic rings. The highest BCUT2D eigenvalue weighted by molar-refractivity contribution is 7.89. The van der Waals surface area contributed by atoms with E-state index in [2.05, 4.69) is 19.9 Å². The minimum atomic E-state index is -4.84. The first-order valence-electron chi connectivity index (χ1n) is 11.6. The van der Waals surface area contributed by atoms with Gasteiger partial charge in [0.25, 0.3) is 5.92 Å². The number of fused-ring (bicyclic) bond motifs is 1. The van der Waals surface area contributed by atoms with Gasteiger partial charge in [-0.2, -0.15) is 13.2 Å². The molecule has 2 heterocycles. The second kappa shape index (κ2) is 9.38. The van der Waals surface area contributed by atoms with Crippen LogP contribution in [-0.2, 0) is 16.2 Å². The summed E-state index contributed by atoms with van der Waals surface area (Å²) in [5, 5.41) is 8.15. The van der Waals surface area contributed by atoms with Gasteiger partial charge >= 0.3 is 6.18 Å². The summed E-state index contributed by atoms with van der Waals surface area (Å²) in [6, 6.07) is 8.64. The summed E-state index contributed by atoms with van der Waals surface area (Å²) >= 11 is 0. The zero-order chi connectivity index (χ0) is 27.3. The highest BCUT2D eigenvalue weighted by atomic mass is 32.2. The molecule has 5 rings (SSSR count). The van der Waals surface area contributed by atoms with Gasteiger partial charge in [0.15, 0.2) is 0 Å². The maximum Gasteiger partial charge on any atom is 0.416 e. The Morgan fingerprint density at radius 2 is 1.84 bits per heavy atom. The second-order valence-corrected chi connectivity index (χ2v) is 11.1. The standard InChI is InChI=1S/C25H22F5N5O2S/c1-15-33-32-14-35(15)21-11-20(12-24(26,27)13-21)34-38(36,37)22-9-18(8-19(10-22)25(28,29)30)16-4-5-23-17(7-16)3-2-6-31-23/h2-10,14,20-21,34H,11-13H2,1H3/t20-,21+/m1/s1. The lowest BCUT2D eigenvalue weighted by molar-refractivity contribution is -0.137. The van der Waals surface area contributed by atoms with Crippen LogP contribution in [0.5, 0.6) is 0 Å². The lowest BCUT2D eigenvalue weighted by atomic mass is 9.88. The first-order chi connectivity index (χ1) is 17.8. The number of aryl methyl sites for hydroxylation is 1. The number of halogens is 5. The molecule has 0 saturated heterocycles. The smallest absolute Gasteiger partial charge is 0.314 e. The molecule has 0 amide bonds. The number of hydrogen-bond acceptors (Lipinski definition) is 5. The van der Waals surface area contributed by atoms with Crippen molar-refractivity contribution in [2.75, 3.05) is 0 Å². The number of aromatic nitrogens is 4. The summed E-state index contributed by atoms with van der Waals surface area (Å²) in [6.45, 7) is 1.59. The molecule has 1 aliphatic carbocycles. The fourth-order valence-corrected chi connectivity index (χ4v) is 6.19. The van der Waals surface area contributed by atoms with Crippen molar-refractivity contribution < 1.29 is 30.4 Å². The van der Waals surface area contributed by atoms with Crippen molar-refractivity contribution in [1.29, 1.82) is 0 Å². The van der Waals surface area contributed by atoms with Crippen LogP contribution in [0.4, 0.5) is 22.0 Å². The van der Waals surface area contributed by atoms with Crippen molar-refractivity contribution in [2.45, 2.75) is 55.3 Å². The van der Waals surface area contributed by atoms with Crippen LogP contribution < -0.4 is 4.72 Å². The van der Waals surface area contributed by atoms with Crippen molar-refractivity contribution in [3.63, 3.8) is 0 Å². The Bertz CT molecular complexity index is 1600. The van der Waals surface area contributed by atoms with Crippen LogP contribution in [0.15, 0.2) is 66.0 Å². The molecule has 13 heteroatoms. The number of sulfonamides is 1. The lowest BCUT2D eigenvalue weighted by Crippen LogP contribution is -2.45. The van der Waals surface area contributed by atoms with Gasteiger partial charge in [-0.1, -0.05) is 12.1 Å². The number of benzene rings is 2. The van der Waals surface area contributed by atoms with E-state index in [9.17, 15) is 30.4 Å². The minimum absolute atomic E-state index is 0.00278. The van der Waals surface area contributed by atoms with Gasteiger partial charge in [-0.15, -0.1) is 10.2 Å². The molecule has 0 bridgehead atoms. The first kappa shape index (κ1) is 26.2. The molecule has 0 unspecified atom stereocenters. The van der Waals surface area contributed by atoms with Gasteiger partial charge in [0.05, 0.1) is 16.0 Å². The third-order valence-corrected chi connectivity index (χ3v) is 8.08. The summed E-state index contributed by atoms with van der Waals surface area (Å²) in [7, 11) is -4.60. The van der Waals surface area contributed by atoms with Crippen molar-refractivity contribution in [1.82, 2.24) is 24.5 Å². The molecule has 38 heavy (non-hydrogen) atoms. The van der Waals surface area contributed by atoms with Gasteiger partial charge in [-0.05, 0) is 60.9 Å². The average Bonchev–Trinajstić information content (AvgIpc) is 3.27. The Kier molecular flexibility index (Phi) is 6.46. The monoisotopic (exact) mass is 551 g/mol. The average molecular weight is 552 g/mol. The van der Waals surface area contributed by atoms with Gasteiger partial charge in [-0.3, -0.25) is 4.98 Å². The molecule has 0 spiro atoms. The van der Waals surface area contributed by atoms with E-state index in [0.29, 0.717) is 28.4 Å². The molecule has 0 radical (unpaired) electrons. The van der Waals surface area contributed by atoms with Gasteiger partial charge < -0.3 is 4.57 Å². The summed E-state index contributed by atoms with van der Waals surface area (Å²) in [4.78, 5) is 3.51. The zero-order valence-corrected chi connectivity index (χ0v) is 20.8. The molecule has 1 saturated carbocycles. The van der Waals surface area contributed by atoms with Crippen LogP contribution >= 0.6 is 0 Å². The van der Waals surface area contributed by atoms with Crippen molar-refractivity contribution in [3.05, 3.63) is 72.4 Å². The first-order valence-corrected chi connectivity index (χ1v) is 13.1. The van der Waals surface area contributed by atoms with Crippen LogP contribution in [0.25, 0.3) is 22.0 Å². The van der Waals surface area contributed by atoms with Crippen molar-refractivity contribution in [3.8, 4) is 11.1 Å². The molecular formula is C25H22F5N5O2S. The van der Waals surface area contributed by atoms with E-state index in [1.54, 1.807) is 43.5 Å². The summed E-state index contributed by atoms with van der Waals surface area (Å²) in [5.74, 6) is -2.81. The van der Waals surface area contributed by atoms with E-state index in [1.807, 2.05) is 0 Å². The molecule has 1 fully saturated rings. The van der Waals surface area contributed by atoms with E-state index in [1.165, 1.54) is 10.9 Å². The van der Waals surface area contributed by atoms with Crippen molar-refractivity contribution in [2.24, 2.45) is 0 Å². The largest absolute Gasteiger partial charge is 0.416 e. The molecule has 200 valence electrons. The van der Waals surface area contributed by atoms with E-state index < -0.39 is 57.5 Å². The SMILES string of the molecule is Cc1nncn1[C@H]1C[C@@H](NS(=O)(=O)c2cc(-c3ccc4ncccc4c3)cc(C(F)(F)F)c2)CC(F)(F)C1. The number of nitrogens with zero attached hydrogens (tertiary/aromatic N) is 4. The van der Waals surface area contributed by atoms with Gasteiger partial charge in [0.2, 0.25) is 10.0 Å². The van der Waals surface area contributed by atoms with E-state index >= 15 is 0 Å². The molecule has 2 aromatic heterocycles. The van der Waals surface area contributed by atoms with Gasteiger partial charge in [-0.25, -0.2) is 21.9 Å². The molecular weight excluding hydrogens is 529 g/mol. The third kappa shape index (κ3) is 5.39. The normalized spacial score (nSPS) is 20.1. The lowest BCUT2D eigenvalue weighted by Gasteiger charge is -2.35. The highest BCUT2D eigenvalue weighted by Crippen LogP contribution is 2.41. The Labute approximate surface area is 214 Å². The summed E-state index contributed by atoms with van der Waals surface area (Å²) in [6.07, 6.45) is -3.29. The minimum Gasteiger partial charge on any atom is -0.314 e. The molecule has 7 nitrogen and oxygen atoms in total. The fourth-order valence-electron chi connectivity index (χ4n) is 4.87. The second-order valence-electron chi connectivity index (χ2n) is 9.41. The third-order valence-electron chi connectivity index (χ3n) is 6.58. The Hall–Kier alpha value is -3.45. The molecule has 1 aliphatic rings. The predicted molar refractivity (Wildman–Crippen MR) is 129 cm³/mol. The van der Waals surface area contributed by atoms with E-state index in [0.717, 1.165) is 12.1 Å². The number of hydrogen-bond donors (Lipinski definition) is 1. The number of pyridine rings is 1. The van der Waals surface area contributed by atoms with E-state index in [-0.39, 0.29) is 12.0 Å². The van der Waals surface area contributed by atoms with Crippen LogP contribution in [-0.4, -0.2) is 40.1 Å². The molecule has 1 N–H and O–H groups in total. The topological polar surface area (TPSA) is 89.8 Å². The molecule has 2 aromatic carbocycles. The van der Waals surface area contributed by atoms with Crippen LogP contribution in [0.1, 0.15) is 36.7 Å². The number of rotatable bonds is 5. The fraction of sp³-hybridized carbons (Fsp3) is 0.320. The summed E-state index contributed by atoms with van der Waals surface area (Å²) < 4.78 is 101. The number of alkyl halides is 5. The van der Waals surface area contributed by atoms with Gasteiger partial charge in [0, 0.05) is 36.5 Å². The van der Waals surface area contributed by atoms with Gasteiger partial charge in [0.1, 0.15) is 12.2 Å². The summed E-state index contributed by atoms with van der Waals surface area (Å²) in [5.41, 5.74) is -0.194. The quantitative estimate of drug-likeness (QED) is 0.330. The van der Waals surface area contributed by atoms with Crippen LogP contribution in [0.2, 0.25) is 0 Å². The predicted octanol–water partition coefficient (Wildman–Crippen LogP) is 5.53. The molecule has 2 atom stereocenters. The zero-order valence-electron chi connectivity index (χ0n) is 20.0. The maximum atomic E-state index is 14.6. The van der Waals surface area contributed by atoms with Crippen LogP contribution in [0, 0.1) is 6.92 Å². The van der Waals surface area contributed by atoms with Crippen molar-refractivity contribution >= 4 is 20.9 Å². The van der Waals surface area contributed by atoms with E-state index in [4.69, 9.17) is 0 Å². The maximum absolute atomic E-state index is 14.6. The highest BCUT2D eigenvalue weighted by Gasteiger charge is 2.44. The Morgan fingerprint density at radius 3 is 2.55 bits per heavy atom. The van der Waals surface area contributed by atoms with Crippen LogP contribution in [0.3, 0.4) is 0 Å². The Morgan fingerprint density at radius 1 is 1.05 bits per heavy atom.